The molecule has 1 aliphatic rings. The van der Waals surface area contributed by atoms with Gasteiger partial charge in [0.1, 0.15) is 10.7 Å². The Morgan fingerprint density at radius 3 is 2.56 bits per heavy atom. The maximum atomic E-state index is 12.5. The second-order valence-corrected chi connectivity index (χ2v) is 11.0. The molecule has 0 radical (unpaired) electrons. The summed E-state index contributed by atoms with van der Waals surface area (Å²) in [6.07, 6.45) is 2.48. The van der Waals surface area contributed by atoms with Gasteiger partial charge in [0.05, 0.1) is 21.5 Å². The Hall–Kier alpha value is -2.43. The zero-order chi connectivity index (χ0) is 24.9. The smallest absolute Gasteiger partial charge is 0.270 e. The number of aromatic nitrogens is 4. The number of halogens is 2. The van der Waals surface area contributed by atoms with E-state index in [9.17, 15) is 4.79 Å². The van der Waals surface area contributed by atoms with Crippen LogP contribution in [0.3, 0.4) is 0 Å². The minimum atomic E-state index is -0.137. The normalized spacial score (nSPS) is 13.8. The van der Waals surface area contributed by atoms with Crippen LogP contribution in [0.4, 0.5) is 0 Å². The number of likely N-dealkylation sites (tertiary alicyclic amines) is 1. The Labute approximate surface area is 227 Å². The summed E-state index contributed by atoms with van der Waals surface area (Å²) in [6, 6.07) is 15.1. The van der Waals surface area contributed by atoms with Crippen LogP contribution in [-0.2, 0) is 5.75 Å². The van der Waals surface area contributed by atoms with Crippen molar-refractivity contribution in [1.29, 1.82) is 0 Å². The molecular formula is C25H24Cl2N6OS2. The number of nitrogens with zero attached hydrogens (tertiary/aromatic N) is 5. The quantitative estimate of drug-likeness (QED) is 0.261. The molecule has 36 heavy (non-hydrogen) atoms. The Morgan fingerprint density at radius 1 is 1.03 bits per heavy atom. The van der Waals surface area contributed by atoms with E-state index < -0.39 is 0 Å². The average molecular weight is 560 g/mol. The van der Waals surface area contributed by atoms with E-state index in [2.05, 4.69) is 25.4 Å². The maximum absolute atomic E-state index is 12.5. The van der Waals surface area contributed by atoms with Crippen molar-refractivity contribution in [1.82, 2.24) is 30.0 Å². The molecule has 3 heterocycles. The number of carbonyl (C=O) groups is 1. The number of para-hydroxylation sites is 1. The van der Waals surface area contributed by atoms with Gasteiger partial charge in [0.2, 0.25) is 0 Å². The zero-order valence-electron chi connectivity index (χ0n) is 19.4. The fourth-order valence-electron chi connectivity index (χ4n) is 4.06. The summed E-state index contributed by atoms with van der Waals surface area (Å²) >= 11 is 16.0. The molecule has 0 saturated carbocycles. The van der Waals surface area contributed by atoms with Gasteiger partial charge in [0.15, 0.2) is 11.0 Å². The minimum Gasteiger partial charge on any atom is -0.349 e. The standard InChI is InChI=1S/C25H24Cl2N6OS2/c26-18-8-2-1-7-17(18)23-30-31-25(33(23)21-10-4-3-9-19(21)27)36-16-22-29-20(15-35-22)24(34)28-11-14-32-12-5-6-13-32/h1-4,7-10,15H,5-6,11-14,16H2,(H,28,34). The molecule has 4 aromatic rings. The molecule has 7 nitrogen and oxygen atoms in total. The molecule has 186 valence electrons. The van der Waals surface area contributed by atoms with Crippen molar-refractivity contribution >= 4 is 52.2 Å². The molecule has 2 aromatic carbocycles. The van der Waals surface area contributed by atoms with E-state index in [4.69, 9.17) is 23.2 Å². The minimum absolute atomic E-state index is 0.137. The van der Waals surface area contributed by atoms with Crippen molar-refractivity contribution in [2.45, 2.75) is 23.8 Å². The topological polar surface area (TPSA) is 75.9 Å². The second-order valence-electron chi connectivity index (χ2n) is 8.29. The number of thiazole rings is 1. The van der Waals surface area contributed by atoms with Crippen molar-refractivity contribution in [3.05, 3.63) is 74.7 Å². The van der Waals surface area contributed by atoms with Gasteiger partial charge in [0.25, 0.3) is 5.91 Å². The number of carbonyl (C=O) groups excluding carboxylic acids is 1. The summed E-state index contributed by atoms with van der Waals surface area (Å²) in [6.45, 7) is 3.74. The van der Waals surface area contributed by atoms with Gasteiger partial charge in [0, 0.05) is 24.0 Å². The van der Waals surface area contributed by atoms with Crippen LogP contribution in [-0.4, -0.2) is 56.7 Å². The largest absolute Gasteiger partial charge is 0.349 e. The Morgan fingerprint density at radius 2 is 1.78 bits per heavy atom. The molecule has 1 fully saturated rings. The Bertz CT molecular complexity index is 1350. The van der Waals surface area contributed by atoms with Crippen LogP contribution in [0.2, 0.25) is 10.0 Å². The molecular weight excluding hydrogens is 535 g/mol. The van der Waals surface area contributed by atoms with Crippen LogP contribution < -0.4 is 5.32 Å². The van der Waals surface area contributed by atoms with Crippen LogP contribution in [0.15, 0.2) is 59.1 Å². The van der Waals surface area contributed by atoms with Crippen LogP contribution >= 0.6 is 46.3 Å². The third-order valence-electron chi connectivity index (χ3n) is 5.86. The molecule has 11 heteroatoms. The van der Waals surface area contributed by atoms with Crippen molar-refractivity contribution in [2.75, 3.05) is 26.2 Å². The van der Waals surface area contributed by atoms with Gasteiger partial charge < -0.3 is 10.2 Å². The molecule has 1 amide bonds. The van der Waals surface area contributed by atoms with Crippen LogP contribution in [0.25, 0.3) is 17.1 Å². The number of thioether (sulfide) groups is 1. The Balaban J connectivity index is 1.31. The summed E-state index contributed by atoms with van der Waals surface area (Å²) in [7, 11) is 0. The first kappa shape index (κ1) is 25.2. The van der Waals surface area contributed by atoms with Crippen molar-refractivity contribution in [2.24, 2.45) is 0 Å². The summed E-state index contributed by atoms with van der Waals surface area (Å²) in [5, 5.41) is 16.3. The monoisotopic (exact) mass is 558 g/mol. The van der Waals surface area contributed by atoms with Crippen molar-refractivity contribution in [3.63, 3.8) is 0 Å². The van der Waals surface area contributed by atoms with Crippen LogP contribution in [0, 0.1) is 0 Å². The predicted octanol–water partition coefficient (Wildman–Crippen LogP) is 5.82. The van der Waals surface area contributed by atoms with E-state index in [1.807, 2.05) is 53.1 Å². The van der Waals surface area contributed by atoms with Gasteiger partial charge in [-0.25, -0.2) is 4.98 Å². The first-order chi connectivity index (χ1) is 17.6. The van der Waals surface area contributed by atoms with Crippen LogP contribution in [0.5, 0.6) is 0 Å². The molecule has 2 aromatic heterocycles. The summed E-state index contributed by atoms with van der Waals surface area (Å²) in [5.41, 5.74) is 1.97. The lowest BCUT2D eigenvalue weighted by atomic mass is 10.2. The lowest BCUT2D eigenvalue weighted by Gasteiger charge is -2.14. The lowest BCUT2D eigenvalue weighted by molar-refractivity contribution is 0.0945. The third kappa shape index (κ3) is 5.76. The number of hydrogen-bond acceptors (Lipinski definition) is 7. The molecule has 1 aliphatic heterocycles. The molecule has 0 aliphatic carbocycles. The first-order valence-corrected chi connectivity index (χ1v) is 14.3. The molecule has 0 bridgehead atoms. The van der Waals surface area contributed by atoms with E-state index in [0.29, 0.717) is 39.0 Å². The predicted molar refractivity (Wildman–Crippen MR) is 146 cm³/mol. The van der Waals surface area contributed by atoms with E-state index in [-0.39, 0.29) is 5.91 Å². The highest BCUT2D eigenvalue weighted by Crippen LogP contribution is 2.35. The number of nitrogens with one attached hydrogen (secondary N) is 1. The fourth-order valence-corrected chi connectivity index (χ4v) is 6.24. The maximum Gasteiger partial charge on any atom is 0.270 e. The molecule has 0 unspecified atom stereocenters. The second kappa shape index (κ2) is 11.7. The number of benzene rings is 2. The number of amides is 1. The average Bonchev–Trinajstić information content (AvgIpc) is 3.65. The lowest BCUT2D eigenvalue weighted by Crippen LogP contribution is -2.33. The van der Waals surface area contributed by atoms with Gasteiger partial charge in [-0.15, -0.1) is 21.5 Å². The van der Waals surface area contributed by atoms with E-state index in [1.54, 1.807) is 5.38 Å². The molecule has 0 atom stereocenters. The van der Waals surface area contributed by atoms with Gasteiger partial charge in [-0.3, -0.25) is 9.36 Å². The highest BCUT2D eigenvalue weighted by atomic mass is 35.5. The molecule has 1 N–H and O–H groups in total. The van der Waals surface area contributed by atoms with Gasteiger partial charge >= 0.3 is 0 Å². The molecule has 0 spiro atoms. The zero-order valence-corrected chi connectivity index (χ0v) is 22.5. The number of rotatable bonds is 9. The highest BCUT2D eigenvalue weighted by Gasteiger charge is 2.20. The molecule has 5 rings (SSSR count). The molecule has 1 saturated heterocycles. The van der Waals surface area contributed by atoms with Crippen molar-refractivity contribution < 1.29 is 4.79 Å². The van der Waals surface area contributed by atoms with Gasteiger partial charge in [-0.1, -0.05) is 59.2 Å². The highest BCUT2D eigenvalue weighted by molar-refractivity contribution is 7.98. The Kier molecular flexibility index (Phi) is 8.23. The van der Waals surface area contributed by atoms with E-state index >= 15 is 0 Å². The van der Waals surface area contributed by atoms with E-state index in [1.165, 1.54) is 35.9 Å². The van der Waals surface area contributed by atoms with Crippen molar-refractivity contribution in [3.8, 4) is 17.1 Å². The van der Waals surface area contributed by atoms with Gasteiger partial charge in [-0.2, -0.15) is 0 Å². The SMILES string of the molecule is O=C(NCCN1CCCC1)c1csc(CSc2nnc(-c3ccccc3Cl)n2-c2ccccc2Cl)n1. The summed E-state index contributed by atoms with van der Waals surface area (Å²) in [4.78, 5) is 19.4. The first-order valence-electron chi connectivity index (χ1n) is 11.6. The fraction of sp³-hybridized carbons (Fsp3) is 0.280. The van der Waals surface area contributed by atoms with Gasteiger partial charge in [-0.05, 0) is 50.2 Å². The number of hydrogen-bond donors (Lipinski definition) is 1. The third-order valence-corrected chi connectivity index (χ3v) is 8.48. The summed E-state index contributed by atoms with van der Waals surface area (Å²) < 4.78 is 1.91. The summed E-state index contributed by atoms with van der Waals surface area (Å²) in [5.74, 6) is 1.01. The van der Waals surface area contributed by atoms with E-state index in [0.717, 1.165) is 35.9 Å². The van der Waals surface area contributed by atoms with Crippen LogP contribution in [0.1, 0.15) is 28.3 Å².